The van der Waals surface area contributed by atoms with Gasteiger partial charge in [0.25, 0.3) is 5.56 Å². The van der Waals surface area contributed by atoms with Gasteiger partial charge in [0.1, 0.15) is 5.56 Å². The monoisotopic (exact) mass is 286 g/mol. The number of H-pyrrole nitrogens is 1. The van der Waals surface area contributed by atoms with Crippen LogP contribution in [0, 0.1) is 0 Å². The molecule has 0 amide bonds. The fourth-order valence-electron chi connectivity index (χ4n) is 2.33. The summed E-state index contributed by atoms with van der Waals surface area (Å²) in [5.41, 5.74) is 0.371. The molecular weight excluding hydrogens is 268 g/mol. The molecule has 0 saturated carbocycles. The van der Waals surface area contributed by atoms with Crippen LogP contribution in [0.15, 0.2) is 39.9 Å². The zero-order valence-electron chi connectivity index (χ0n) is 12.2. The van der Waals surface area contributed by atoms with E-state index >= 15 is 0 Å². The minimum Gasteiger partial charge on any atom is -0.310 e. The number of rotatable bonds is 5. The number of carbonyl (C=O) groups is 1. The van der Waals surface area contributed by atoms with Crippen molar-refractivity contribution in [2.45, 2.75) is 33.2 Å². The van der Waals surface area contributed by atoms with E-state index in [2.05, 4.69) is 4.98 Å². The van der Waals surface area contributed by atoms with Crippen LogP contribution in [0.2, 0.25) is 0 Å². The van der Waals surface area contributed by atoms with Crippen LogP contribution in [0.5, 0.6) is 0 Å². The van der Waals surface area contributed by atoms with E-state index in [9.17, 15) is 14.4 Å². The van der Waals surface area contributed by atoms with Gasteiger partial charge in [-0.2, -0.15) is 0 Å². The number of aromatic nitrogens is 2. The van der Waals surface area contributed by atoms with Crippen LogP contribution in [0.3, 0.4) is 0 Å². The van der Waals surface area contributed by atoms with Crippen molar-refractivity contribution < 1.29 is 4.79 Å². The van der Waals surface area contributed by atoms with Gasteiger partial charge in [-0.25, -0.2) is 4.79 Å². The number of aryl methyl sites for hydroxylation is 1. The highest BCUT2D eigenvalue weighted by molar-refractivity contribution is 5.94. The summed E-state index contributed by atoms with van der Waals surface area (Å²) in [6, 6.07) is 9.21. The van der Waals surface area contributed by atoms with E-state index in [1.807, 2.05) is 37.3 Å². The van der Waals surface area contributed by atoms with E-state index in [1.54, 1.807) is 0 Å². The lowest BCUT2D eigenvalue weighted by molar-refractivity contribution is 0.101. The van der Waals surface area contributed by atoms with Crippen LogP contribution >= 0.6 is 0 Å². The molecule has 0 unspecified atom stereocenters. The number of Topliss-reactive ketones (excluding diaryl/α,β-unsaturated/α-hetero) is 1. The smallest absolute Gasteiger partial charge is 0.310 e. The van der Waals surface area contributed by atoms with Crippen LogP contribution in [0.1, 0.15) is 41.9 Å². The highest BCUT2D eigenvalue weighted by Gasteiger charge is 2.17. The number of ketones is 1. The predicted molar refractivity (Wildman–Crippen MR) is 80.9 cm³/mol. The lowest BCUT2D eigenvalue weighted by atomic mass is 10.1. The Bertz CT molecular complexity index is 757. The summed E-state index contributed by atoms with van der Waals surface area (Å²) in [6.07, 6.45) is 1.25. The fraction of sp³-hybridized carbons (Fsp3) is 0.312. The van der Waals surface area contributed by atoms with Crippen LogP contribution in [-0.2, 0) is 13.0 Å². The van der Waals surface area contributed by atoms with E-state index in [0.29, 0.717) is 12.1 Å². The lowest BCUT2D eigenvalue weighted by Gasteiger charge is -2.10. The molecule has 1 N–H and O–H groups in total. The molecule has 0 aliphatic heterocycles. The highest BCUT2D eigenvalue weighted by atomic mass is 16.2. The molecule has 0 bridgehead atoms. The third-order valence-electron chi connectivity index (χ3n) is 3.30. The Balaban J connectivity index is 2.57. The Morgan fingerprint density at radius 2 is 1.86 bits per heavy atom. The largest absolute Gasteiger partial charge is 0.328 e. The molecule has 2 aromatic rings. The molecule has 21 heavy (non-hydrogen) atoms. The van der Waals surface area contributed by atoms with Crippen LogP contribution in [0.25, 0.3) is 0 Å². The van der Waals surface area contributed by atoms with Crippen molar-refractivity contribution in [3.63, 3.8) is 0 Å². The SMILES string of the molecule is CCCc1[nH]c(=O)n(Cc2ccccc2)c(=O)c1C(C)=O. The second-order valence-corrected chi connectivity index (χ2v) is 4.97. The number of nitrogens with zero attached hydrogens (tertiary/aromatic N) is 1. The van der Waals surface area contributed by atoms with Gasteiger partial charge in [0.2, 0.25) is 0 Å². The zero-order valence-corrected chi connectivity index (χ0v) is 12.2. The van der Waals surface area contributed by atoms with Gasteiger partial charge in [0.15, 0.2) is 5.78 Å². The van der Waals surface area contributed by atoms with E-state index in [-0.39, 0.29) is 17.9 Å². The Labute approximate surface area is 122 Å². The molecule has 2 rings (SSSR count). The number of benzene rings is 1. The molecule has 1 heterocycles. The summed E-state index contributed by atoms with van der Waals surface area (Å²) >= 11 is 0. The average molecular weight is 286 g/mol. The topological polar surface area (TPSA) is 71.9 Å². The second-order valence-electron chi connectivity index (χ2n) is 4.97. The second kappa shape index (κ2) is 6.35. The molecule has 5 heteroatoms. The first kappa shape index (κ1) is 15.0. The molecule has 0 radical (unpaired) electrons. The van der Waals surface area contributed by atoms with Gasteiger partial charge < -0.3 is 4.98 Å². The Morgan fingerprint density at radius 1 is 1.19 bits per heavy atom. The summed E-state index contributed by atoms with van der Waals surface area (Å²) < 4.78 is 1.07. The maximum absolute atomic E-state index is 12.5. The molecule has 0 fully saturated rings. The normalized spacial score (nSPS) is 10.6. The summed E-state index contributed by atoms with van der Waals surface area (Å²) in [5, 5.41) is 0. The molecular formula is C16H18N2O3. The summed E-state index contributed by atoms with van der Waals surface area (Å²) in [5.74, 6) is -0.318. The molecule has 0 aliphatic rings. The Hall–Kier alpha value is -2.43. The van der Waals surface area contributed by atoms with Gasteiger partial charge in [0.05, 0.1) is 6.54 Å². The van der Waals surface area contributed by atoms with Crippen molar-refractivity contribution >= 4 is 5.78 Å². The summed E-state index contributed by atoms with van der Waals surface area (Å²) in [7, 11) is 0. The van der Waals surface area contributed by atoms with E-state index < -0.39 is 11.2 Å². The lowest BCUT2D eigenvalue weighted by Crippen LogP contribution is -2.40. The van der Waals surface area contributed by atoms with E-state index in [1.165, 1.54) is 6.92 Å². The van der Waals surface area contributed by atoms with Crippen molar-refractivity contribution in [1.29, 1.82) is 0 Å². The third-order valence-corrected chi connectivity index (χ3v) is 3.30. The van der Waals surface area contributed by atoms with Gasteiger partial charge in [-0.3, -0.25) is 14.2 Å². The zero-order chi connectivity index (χ0) is 15.4. The number of nitrogens with one attached hydrogen (secondary N) is 1. The maximum Gasteiger partial charge on any atom is 0.328 e. The average Bonchev–Trinajstić information content (AvgIpc) is 2.44. The van der Waals surface area contributed by atoms with Crippen molar-refractivity contribution in [1.82, 2.24) is 9.55 Å². The maximum atomic E-state index is 12.5. The third kappa shape index (κ3) is 3.18. The predicted octanol–water partition coefficient (Wildman–Crippen LogP) is 1.74. The van der Waals surface area contributed by atoms with Crippen LogP contribution in [0.4, 0.5) is 0 Å². The number of hydrogen-bond donors (Lipinski definition) is 1. The van der Waals surface area contributed by atoms with E-state index in [0.717, 1.165) is 16.6 Å². The number of aromatic amines is 1. The number of carbonyl (C=O) groups excluding carboxylic acids is 1. The minimum atomic E-state index is -0.515. The number of hydrogen-bond acceptors (Lipinski definition) is 3. The fourth-order valence-corrected chi connectivity index (χ4v) is 2.33. The first-order valence-corrected chi connectivity index (χ1v) is 6.95. The first-order chi connectivity index (χ1) is 10.0. The molecule has 0 saturated heterocycles. The molecule has 5 nitrogen and oxygen atoms in total. The van der Waals surface area contributed by atoms with Crippen molar-refractivity contribution in [3.05, 3.63) is 68.0 Å². The summed E-state index contributed by atoms with van der Waals surface area (Å²) in [4.78, 5) is 39.0. The molecule has 0 atom stereocenters. The molecule has 1 aromatic heterocycles. The Morgan fingerprint density at radius 3 is 2.43 bits per heavy atom. The van der Waals surface area contributed by atoms with Crippen molar-refractivity contribution in [3.8, 4) is 0 Å². The minimum absolute atomic E-state index is 0.0902. The van der Waals surface area contributed by atoms with Gasteiger partial charge in [-0.1, -0.05) is 43.7 Å². The van der Waals surface area contributed by atoms with Gasteiger partial charge >= 0.3 is 5.69 Å². The van der Waals surface area contributed by atoms with Crippen molar-refractivity contribution in [2.75, 3.05) is 0 Å². The quantitative estimate of drug-likeness (QED) is 0.851. The highest BCUT2D eigenvalue weighted by Crippen LogP contribution is 2.04. The van der Waals surface area contributed by atoms with Crippen molar-refractivity contribution in [2.24, 2.45) is 0 Å². The molecule has 1 aromatic carbocycles. The molecule has 0 spiro atoms. The van der Waals surface area contributed by atoms with Gasteiger partial charge in [-0.15, -0.1) is 0 Å². The van der Waals surface area contributed by atoms with Crippen LogP contribution < -0.4 is 11.2 Å². The standard InChI is InChI=1S/C16H18N2O3/c1-3-7-13-14(11(2)19)15(20)18(16(21)17-13)10-12-8-5-4-6-9-12/h4-6,8-9H,3,7,10H2,1-2H3,(H,17,21). The first-order valence-electron chi connectivity index (χ1n) is 6.95. The Kier molecular flexibility index (Phi) is 4.52. The summed E-state index contributed by atoms with van der Waals surface area (Å²) in [6.45, 7) is 3.43. The van der Waals surface area contributed by atoms with Gasteiger partial charge in [0, 0.05) is 5.69 Å². The molecule has 110 valence electrons. The van der Waals surface area contributed by atoms with Crippen LogP contribution in [-0.4, -0.2) is 15.3 Å². The van der Waals surface area contributed by atoms with E-state index in [4.69, 9.17) is 0 Å². The molecule has 0 aliphatic carbocycles. The van der Waals surface area contributed by atoms with Gasteiger partial charge in [-0.05, 0) is 18.9 Å².